The van der Waals surface area contributed by atoms with Crippen LogP contribution in [0, 0.1) is 0 Å². The molecule has 12 nitrogen and oxygen atoms in total. The predicted octanol–water partition coefficient (Wildman–Crippen LogP) is 3.47. The number of hydrogen-bond donors (Lipinski definition) is 1. The number of nitrogens with one attached hydrogen (secondary N) is 1. The quantitative estimate of drug-likeness (QED) is 0.221. The molecule has 2 saturated heterocycles. The van der Waals surface area contributed by atoms with E-state index in [9.17, 15) is 22.8 Å². The van der Waals surface area contributed by atoms with E-state index in [1.165, 1.54) is 17.8 Å². The van der Waals surface area contributed by atoms with Crippen LogP contribution >= 0.6 is 0 Å². The van der Waals surface area contributed by atoms with Gasteiger partial charge in [0, 0.05) is 0 Å². The minimum absolute atomic E-state index is 0.0220. The Morgan fingerprint density at radius 2 is 1.57 bits per heavy atom. The lowest BCUT2D eigenvalue weighted by molar-refractivity contribution is -0.164. The second-order valence-electron chi connectivity index (χ2n) is 10.8. The van der Waals surface area contributed by atoms with Gasteiger partial charge in [-0.3, -0.25) is 10.1 Å². The van der Waals surface area contributed by atoms with Gasteiger partial charge in [0.2, 0.25) is 5.91 Å². The number of aromatic nitrogens is 3. The van der Waals surface area contributed by atoms with Crippen LogP contribution in [0.4, 0.5) is 10.6 Å². The summed E-state index contributed by atoms with van der Waals surface area (Å²) in [5, 5.41) is 9.19. The van der Waals surface area contributed by atoms with Crippen LogP contribution in [0.1, 0.15) is 36.1 Å². The van der Waals surface area contributed by atoms with Crippen molar-refractivity contribution in [2.75, 3.05) is 5.32 Å². The van der Waals surface area contributed by atoms with Gasteiger partial charge in [0.15, 0.2) is 27.8 Å². The van der Waals surface area contributed by atoms with E-state index in [0.717, 1.165) is 10.5 Å². The molecule has 0 aliphatic carbocycles. The number of nitrogens with zero attached hydrogens (tertiary/aromatic N) is 4. The summed E-state index contributed by atoms with van der Waals surface area (Å²) in [7, 11) is -4.07. The summed E-state index contributed by atoms with van der Waals surface area (Å²) in [5.74, 6) is -1.29. The molecule has 3 heterocycles. The summed E-state index contributed by atoms with van der Waals surface area (Å²) < 4.78 is 38.3. The molecule has 4 aromatic rings. The molecule has 2 amide bonds. The average Bonchev–Trinajstić information content (AvgIpc) is 3.51. The van der Waals surface area contributed by atoms with E-state index in [1.54, 1.807) is 0 Å². The normalized spacial score (nSPS) is 21.8. The highest BCUT2D eigenvalue weighted by molar-refractivity contribution is 7.93. The summed E-state index contributed by atoms with van der Waals surface area (Å²) in [5.41, 5.74) is 2.17. The lowest BCUT2D eigenvalue weighted by Gasteiger charge is -2.37. The highest BCUT2D eigenvalue weighted by atomic mass is 32.2. The van der Waals surface area contributed by atoms with Crippen LogP contribution in [-0.4, -0.2) is 62.4 Å². The number of ether oxygens (including phenoxy) is 2. The van der Waals surface area contributed by atoms with Crippen LogP contribution in [-0.2, 0) is 42.1 Å². The highest BCUT2D eigenvalue weighted by Gasteiger charge is 2.70. The Balaban J connectivity index is 1.23. The van der Waals surface area contributed by atoms with Gasteiger partial charge in [0.05, 0.1) is 19.2 Å². The zero-order valence-electron chi connectivity index (χ0n) is 23.6. The molecular formula is C31H29N5O7S. The lowest BCUT2D eigenvalue weighted by atomic mass is 9.95. The number of fused-ring (bicyclic) bond motifs is 1. The maximum Gasteiger partial charge on any atom is 0.413 e. The minimum Gasteiger partial charge on any atom is -0.451 e. The van der Waals surface area contributed by atoms with Gasteiger partial charge in [-0.05, 0) is 23.6 Å². The minimum atomic E-state index is -4.07. The van der Waals surface area contributed by atoms with Crippen molar-refractivity contribution < 1.29 is 32.3 Å². The van der Waals surface area contributed by atoms with E-state index in [4.69, 9.17) is 9.47 Å². The van der Waals surface area contributed by atoms with Gasteiger partial charge in [-0.1, -0.05) is 96.2 Å². The molecule has 2 aliphatic heterocycles. The molecule has 0 unspecified atom stereocenters. The second-order valence-corrected chi connectivity index (χ2v) is 13.4. The number of hydrogen-bond acceptors (Lipinski definition) is 9. The molecule has 0 bridgehead atoms. The summed E-state index contributed by atoms with van der Waals surface area (Å²) >= 11 is 0. The fraction of sp³-hybridized carbons (Fsp3) is 0.258. The Bertz CT molecular complexity index is 1740. The SMILES string of the molecule is C[C@]1(Cn2cc(NC(=O)OCc3ccccc3)nn2)[C@H](C(=O)OC(c2ccccc2)c2ccccc2)N2C(=O)C[C@H]2S1(=O)=O. The Labute approximate surface area is 253 Å². The smallest absolute Gasteiger partial charge is 0.413 e. The van der Waals surface area contributed by atoms with E-state index in [1.807, 2.05) is 91.0 Å². The number of anilines is 1. The highest BCUT2D eigenvalue weighted by Crippen LogP contribution is 2.47. The van der Waals surface area contributed by atoms with Crippen molar-refractivity contribution in [2.24, 2.45) is 0 Å². The fourth-order valence-electron chi connectivity index (χ4n) is 5.65. The number of benzene rings is 3. The number of amides is 2. The number of rotatable bonds is 9. The zero-order valence-corrected chi connectivity index (χ0v) is 24.5. The largest absolute Gasteiger partial charge is 0.451 e. The lowest BCUT2D eigenvalue weighted by Crippen LogP contribution is -2.58. The molecule has 226 valence electrons. The first kappa shape index (κ1) is 29.1. The molecule has 1 N–H and O–H groups in total. The summed E-state index contributed by atoms with van der Waals surface area (Å²) in [4.78, 5) is 40.1. The molecular weight excluding hydrogens is 586 g/mol. The van der Waals surface area contributed by atoms with Gasteiger partial charge in [-0.15, -0.1) is 5.10 Å². The van der Waals surface area contributed by atoms with Crippen LogP contribution in [0.3, 0.4) is 0 Å². The second kappa shape index (κ2) is 11.6. The maximum absolute atomic E-state index is 14.0. The average molecular weight is 616 g/mol. The molecule has 2 fully saturated rings. The standard InChI is InChI=1S/C31H29N5O7S/c1-31(20-35-18-24(33-34-35)32-30(39)42-19-21-11-5-2-6-12-21)28(36-25(37)17-26(36)44(31,40)41)29(38)43-27(22-13-7-3-8-14-22)23-15-9-4-10-16-23/h2-16,18,26-28H,17,19-20H2,1H3,(H,32,39)/t26-,28+,31+/m1/s1. The first-order valence-electron chi connectivity index (χ1n) is 13.9. The molecule has 0 saturated carbocycles. The van der Waals surface area contributed by atoms with Crippen molar-refractivity contribution in [2.45, 2.75) is 48.8 Å². The number of carbonyl (C=O) groups excluding carboxylic acids is 3. The summed E-state index contributed by atoms with van der Waals surface area (Å²) in [6.45, 7) is 1.12. The number of esters is 1. The number of carbonyl (C=O) groups is 3. The van der Waals surface area contributed by atoms with Crippen LogP contribution in [0.2, 0.25) is 0 Å². The van der Waals surface area contributed by atoms with E-state index >= 15 is 0 Å². The van der Waals surface area contributed by atoms with E-state index in [2.05, 4.69) is 15.6 Å². The Morgan fingerprint density at radius 1 is 0.977 bits per heavy atom. The van der Waals surface area contributed by atoms with Crippen molar-refractivity contribution in [3.8, 4) is 0 Å². The molecule has 6 rings (SSSR count). The topological polar surface area (TPSA) is 150 Å². The van der Waals surface area contributed by atoms with Crippen molar-refractivity contribution in [1.82, 2.24) is 19.9 Å². The fourth-order valence-corrected chi connectivity index (χ4v) is 8.01. The van der Waals surface area contributed by atoms with Gasteiger partial charge in [0.25, 0.3) is 0 Å². The molecule has 0 spiro atoms. The van der Waals surface area contributed by atoms with Crippen LogP contribution in [0.5, 0.6) is 0 Å². The third-order valence-electron chi connectivity index (χ3n) is 7.93. The van der Waals surface area contributed by atoms with Crippen molar-refractivity contribution in [3.05, 3.63) is 114 Å². The maximum atomic E-state index is 14.0. The van der Waals surface area contributed by atoms with Crippen LogP contribution < -0.4 is 5.32 Å². The molecule has 3 aromatic carbocycles. The number of sulfone groups is 1. The van der Waals surface area contributed by atoms with E-state index in [0.29, 0.717) is 11.1 Å². The third kappa shape index (κ3) is 5.30. The van der Waals surface area contributed by atoms with Gasteiger partial charge < -0.3 is 14.4 Å². The molecule has 13 heteroatoms. The van der Waals surface area contributed by atoms with Gasteiger partial charge >= 0.3 is 12.1 Å². The Morgan fingerprint density at radius 3 is 2.16 bits per heavy atom. The predicted molar refractivity (Wildman–Crippen MR) is 157 cm³/mol. The number of β-lactam (4-membered cyclic amide) rings is 1. The zero-order chi connectivity index (χ0) is 30.9. The van der Waals surface area contributed by atoms with Crippen molar-refractivity contribution in [1.29, 1.82) is 0 Å². The first-order valence-corrected chi connectivity index (χ1v) is 15.4. The van der Waals surface area contributed by atoms with E-state index in [-0.39, 0.29) is 25.4 Å². The van der Waals surface area contributed by atoms with Crippen molar-refractivity contribution >= 4 is 33.6 Å². The molecule has 44 heavy (non-hydrogen) atoms. The van der Waals surface area contributed by atoms with Crippen molar-refractivity contribution in [3.63, 3.8) is 0 Å². The molecule has 2 aliphatic rings. The van der Waals surface area contributed by atoms with Crippen LogP contribution in [0.25, 0.3) is 0 Å². The molecule has 3 atom stereocenters. The van der Waals surface area contributed by atoms with Gasteiger partial charge in [0.1, 0.15) is 16.7 Å². The third-order valence-corrected chi connectivity index (χ3v) is 10.7. The monoisotopic (exact) mass is 615 g/mol. The summed E-state index contributed by atoms with van der Waals surface area (Å²) in [6.07, 6.45) is -0.498. The Kier molecular flexibility index (Phi) is 7.64. The van der Waals surface area contributed by atoms with Crippen LogP contribution in [0.15, 0.2) is 97.2 Å². The molecule has 1 aromatic heterocycles. The van der Waals surface area contributed by atoms with Gasteiger partial charge in [-0.2, -0.15) is 0 Å². The van der Waals surface area contributed by atoms with Gasteiger partial charge in [-0.25, -0.2) is 22.7 Å². The first-order chi connectivity index (χ1) is 21.2. The molecule has 0 radical (unpaired) electrons. The Hall–Kier alpha value is -5.04. The van der Waals surface area contributed by atoms with E-state index < -0.39 is 50.1 Å². The summed E-state index contributed by atoms with van der Waals surface area (Å²) in [6, 6.07) is 25.8.